The summed E-state index contributed by atoms with van der Waals surface area (Å²) in [6.07, 6.45) is 5.76. The van der Waals surface area contributed by atoms with Gasteiger partial charge in [0.15, 0.2) is 0 Å². The van der Waals surface area contributed by atoms with E-state index in [1.165, 1.54) is 0 Å². The first kappa shape index (κ1) is 14.7. The Balaban J connectivity index is 2.79. The van der Waals surface area contributed by atoms with E-state index >= 15 is 0 Å². The smallest absolute Gasteiger partial charge is 0.228 e. The summed E-state index contributed by atoms with van der Waals surface area (Å²) in [5.41, 5.74) is 5.32. The van der Waals surface area contributed by atoms with Crippen molar-refractivity contribution in [2.24, 2.45) is 11.1 Å². The van der Waals surface area contributed by atoms with Crippen molar-refractivity contribution in [3.63, 3.8) is 0 Å². The predicted molar refractivity (Wildman–Crippen MR) is 71.8 cm³/mol. The van der Waals surface area contributed by atoms with E-state index in [1.54, 1.807) is 12.4 Å². The second kappa shape index (κ2) is 6.54. The molecular formula is C13H24N4O. The number of carbonyl (C=O) groups is 1. The van der Waals surface area contributed by atoms with Gasteiger partial charge in [0.25, 0.3) is 0 Å². The minimum absolute atomic E-state index is 0.0262. The first-order valence-electron chi connectivity index (χ1n) is 6.63. The van der Waals surface area contributed by atoms with Gasteiger partial charge in [0.1, 0.15) is 5.82 Å². The third-order valence-corrected chi connectivity index (χ3v) is 3.79. The summed E-state index contributed by atoms with van der Waals surface area (Å²) in [6.45, 7) is 6.41. The third-order valence-electron chi connectivity index (χ3n) is 3.79. The molecule has 0 fully saturated rings. The molecule has 1 rings (SSSR count). The largest absolute Gasteiger partial charge is 0.347 e. The molecule has 0 aliphatic rings. The standard InChI is InChI=1S/C13H24N4O/c1-4-10(11-15-7-8-16-11)17-12(18)13(5-2,6-3)9-14/h7-8,10H,4-6,9,14H2,1-3H3,(H,15,16)(H,17,18). The predicted octanol–water partition coefficient (Wildman–Crippen LogP) is 1.74. The van der Waals surface area contributed by atoms with Crippen LogP contribution in [0.25, 0.3) is 0 Å². The van der Waals surface area contributed by atoms with Crippen LogP contribution in [0.15, 0.2) is 12.4 Å². The highest BCUT2D eigenvalue weighted by atomic mass is 16.2. The van der Waals surface area contributed by atoms with Gasteiger partial charge in [-0.2, -0.15) is 0 Å². The molecule has 0 spiro atoms. The maximum Gasteiger partial charge on any atom is 0.228 e. The number of imidazole rings is 1. The van der Waals surface area contributed by atoms with Gasteiger partial charge in [-0.1, -0.05) is 20.8 Å². The van der Waals surface area contributed by atoms with Crippen LogP contribution in [0.2, 0.25) is 0 Å². The molecule has 0 saturated carbocycles. The molecule has 5 nitrogen and oxygen atoms in total. The molecule has 1 atom stereocenters. The number of aromatic amines is 1. The number of hydrogen-bond acceptors (Lipinski definition) is 3. The number of nitrogens with two attached hydrogens (primary N) is 1. The van der Waals surface area contributed by atoms with Gasteiger partial charge in [-0.15, -0.1) is 0 Å². The lowest BCUT2D eigenvalue weighted by Crippen LogP contribution is -2.46. The Bertz CT molecular complexity index is 349. The Morgan fingerprint density at radius 1 is 1.50 bits per heavy atom. The lowest BCUT2D eigenvalue weighted by molar-refractivity contribution is -0.132. The van der Waals surface area contributed by atoms with E-state index in [-0.39, 0.29) is 11.9 Å². The Morgan fingerprint density at radius 2 is 2.17 bits per heavy atom. The zero-order valence-electron chi connectivity index (χ0n) is 11.5. The van der Waals surface area contributed by atoms with E-state index in [2.05, 4.69) is 15.3 Å². The summed E-state index contributed by atoms with van der Waals surface area (Å²) < 4.78 is 0. The van der Waals surface area contributed by atoms with Crippen molar-refractivity contribution in [2.45, 2.75) is 46.1 Å². The Labute approximate surface area is 109 Å². The fourth-order valence-electron chi connectivity index (χ4n) is 2.10. The number of rotatable bonds is 7. The van der Waals surface area contributed by atoms with Gasteiger partial charge >= 0.3 is 0 Å². The SMILES string of the molecule is CCC(NC(=O)C(CC)(CC)CN)c1ncc[nH]1. The minimum atomic E-state index is -0.458. The van der Waals surface area contributed by atoms with Crippen molar-refractivity contribution < 1.29 is 4.79 Å². The van der Waals surface area contributed by atoms with Crippen LogP contribution in [0.3, 0.4) is 0 Å². The number of H-pyrrole nitrogens is 1. The third kappa shape index (κ3) is 2.90. The average Bonchev–Trinajstić information content (AvgIpc) is 2.92. The van der Waals surface area contributed by atoms with Crippen molar-refractivity contribution in [2.75, 3.05) is 6.54 Å². The Kier molecular flexibility index (Phi) is 5.34. The van der Waals surface area contributed by atoms with Crippen molar-refractivity contribution >= 4 is 5.91 Å². The molecule has 1 heterocycles. The molecule has 0 bridgehead atoms. The lowest BCUT2D eigenvalue weighted by Gasteiger charge is -2.30. The van der Waals surface area contributed by atoms with Gasteiger partial charge in [-0.3, -0.25) is 4.79 Å². The molecule has 0 radical (unpaired) electrons. The molecule has 18 heavy (non-hydrogen) atoms. The summed E-state index contributed by atoms with van der Waals surface area (Å²) >= 11 is 0. The summed E-state index contributed by atoms with van der Waals surface area (Å²) in [5, 5.41) is 3.05. The lowest BCUT2D eigenvalue weighted by atomic mass is 9.81. The van der Waals surface area contributed by atoms with Crippen LogP contribution >= 0.6 is 0 Å². The maximum atomic E-state index is 12.4. The molecule has 0 aromatic carbocycles. The van der Waals surface area contributed by atoms with Crippen LogP contribution < -0.4 is 11.1 Å². The molecule has 0 aliphatic heterocycles. The average molecular weight is 252 g/mol. The number of nitrogens with one attached hydrogen (secondary N) is 2. The Hall–Kier alpha value is -1.36. The fraction of sp³-hybridized carbons (Fsp3) is 0.692. The first-order valence-corrected chi connectivity index (χ1v) is 6.63. The number of nitrogens with zero attached hydrogens (tertiary/aromatic N) is 1. The quantitative estimate of drug-likeness (QED) is 0.691. The minimum Gasteiger partial charge on any atom is -0.347 e. The summed E-state index contributed by atoms with van der Waals surface area (Å²) in [4.78, 5) is 19.6. The molecule has 1 aromatic rings. The van der Waals surface area contributed by atoms with Crippen LogP contribution in [0.5, 0.6) is 0 Å². The van der Waals surface area contributed by atoms with Gasteiger partial charge in [0.05, 0.1) is 11.5 Å². The van der Waals surface area contributed by atoms with Gasteiger partial charge < -0.3 is 16.0 Å². The number of aromatic nitrogens is 2. The zero-order chi connectivity index (χ0) is 13.6. The molecule has 102 valence electrons. The molecule has 4 N–H and O–H groups in total. The molecule has 1 unspecified atom stereocenters. The van der Waals surface area contributed by atoms with Crippen LogP contribution in [0, 0.1) is 5.41 Å². The normalized spacial score (nSPS) is 13.3. The van der Waals surface area contributed by atoms with E-state index in [4.69, 9.17) is 5.73 Å². The molecule has 1 amide bonds. The van der Waals surface area contributed by atoms with Crippen molar-refractivity contribution in [1.29, 1.82) is 0 Å². The summed E-state index contributed by atoms with van der Waals surface area (Å²) in [5.74, 6) is 0.822. The van der Waals surface area contributed by atoms with Crippen LogP contribution in [0.4, 0.5) is 0 Å². The topological polar surface area (TPSA) is 83.8 Å². The number of amides is 1. The van der Waals surface area contributed by atoms with E-state index in [9.17, 15) is 4.79 Å². The monoisotopic (exact) mass is 252 g/mol. The van der Waals surface area contributed by atoms with Gasteiger partial charge in [0, 0.05) is 18.9 Å². The molecule has 0 aliphatic carbocycles. The summed E-state index contributed by atoms with van der Waals surface area (Å²) in [6, 6.07) is -0.0727. The van der Waals surface area contributed by atoms with Gasteiger partial charge in [-0.05, 0) is 19.3 Å². The summed E-state index contributed by atoms with van der Waals surface area (Å²) in [7, 11) is 0. The second-order valence-electron chi connectivity index (χ2n) is 4.60. The zero-order valence-corrected chi connectivity index (χ0v) is 11.5. The fourth-order valence-corrected chi connectivity index (χ4v) is 2.10. The van der Waals surface area contributed by atoms with E-state index in [1.807, 2.05) is 20.8 Å². The number of hydrogen-bond donors (Lipinski definition) is 3. The first-order chi connectivity index (χ1) is 8.63. The maximum absolute atomic E-state index is 12.4. The van der Waals surface area contributed by atoms with Crippen LogP contribution in [0.1, 0.15) is 51.9 Å². The van der Waals surface area contributed by atoms with Crippen molar-refractivity contribution in [3.05, 3.63) is 18.2 Å². The second-order valence-corrected chi connectivity index (χ2v) is 4.60. The highest BCUT2D eigenvalue weighted by Gasteiger charge is 2.34. The molecular weight excluding hydrogens is 228 g/mol. The van der Waals surface area contributed by atoms with E-state index in [0.29, 0.717) is 6.54 Å². The van der Waals surface area contributed by atoms with Crippen molar-refractivity contribution in [1.82, 2.24) is 15.3 Å². The number of carbonyl (C=O) groups excluding carboxylic acids is 1. The highest BCUT2D eigenvalue weighted by Crippen LogP contribution is 2.26. The van der Waals surface area contributed by atoms with Crippen LogP contribution in [-0.2, 0) is 4.79 Å². The van der Waals surface area contributed by atoms with E-state index < -0.39 is 5.41 Å². The van der Waals surface area contributed by atoms with E-state index in [0.717, 1.165) is 25.1 Å². The van der Waals surface area contributed by atoms with Gasteiger partial charge in [-0.25, -0.2) is 4.98 Å². The molecule has 1 aromatic heterocycles. The highest BCUT2D eigenvalue weighted by molar-refractivity contribution is 5.83. The molecule has 0 saturated heterocycles. The molecule has 5 heteroatoms. The van der Waals surface area contributed by atoms with Gasteiger partial charge in [0.2, 0.25) is 5.91 Å². The van der Waals surface area contributed by atoms with Crippen molar-refractivity contribution in [3.8, 4) is 0 Å². The Morgan fingerprint density at radius 3 is 2.56 bits per heavy atom. The van der Waals surface area contributed by atoms with Crippen LogP contribution in [-0.4, -0.2) is 22.4 Å².